The first-order chi connectivity index (χ1) is 27.0. The molecule has 0 aromatic heterocycles. The molecule has 2 fully saturated rings. The number of imide groups is 1. The highest BCUT2D eigenvalue weighted by molar-refractivity contribution is 6.12. The maximum Gasteiger partial charge on any atom is 0.410 e. The Morgan fingerprint density at radius 2 is 1.77 bits per heavy atom. The van der Waals surface area contributed by atoms with Gasteiger partial charge in [0.15, 0.2) is 6.10 Å². The Labute approximate surface area is 337 Å². The van der Waals surface area contributed by atoms with Gasteiger partial charge in [0.2, 0.25) is 0 Å². The van der Waals surface area contributed by atoms with Crippen LogP contribution in [0.15, 0.2) is 48.1 Å². The summed E-state index contributed by atoms with van der Waals surface area (Å²) in [5, 5.41) is 32.1. The Morgan fingerprint density at radius 1 is 1.11 bits per heavy atom. The lowest BCUT2D eigenvalue weighted by molar-refractivity contribution is -0.151. The molecule has 10 atom stereocenters. The zero-order chi connectivity index (χ0) is 41.9. The number of ether oxygens (including phenoxy) is 5. The van der Waals surface area contributed by atoms with Crippen molar-refractivity contribution in [1.29, 1.82) is 0 Å². The Bertz CT molecular complexity index is 1490. The average molecular weight is 804 g/mol. The van der Waals surface area contributed by atoms with Crippen molar-refractivity contribution in [1.82, 2.24) is 14.7 Å². The van der Waals surface area contributed by atoms with E-state index in [0.717, 1.165) is 4.90 Å². The van der Waals surface area contributed by atoms with E-state index < -0.39 is 47.7 Å². The van der Waals surface area contributed by atoms with Gasteiger partial charge < -0.3 is 43.9 Å². The van der Waals surface area contributed by atoms with Crippen molar-refractivity contribution in [3.8, 4) is 0 Å². The van der Waals surface area contributed by atoms with Crippen LogP contribution in [0.4, 0.5) is 4.79 Å². The van der Waals surface area contributed by atoms with Gasteiger partial charge in [0.1, 0.15) is 11.7 Å². The summed E-state index contributed by atoms with van der Waals surface area (Å²) in [6.07, 6.45) is 8.86. The summed E-state index contributed by atoms with van der Waals surface area (Å²) in [5.41, 5.74) is -1.48. The number of carbonyl (C=O) groups is 4. The normalized spacial score (nSPS) is 32.0. The van der Waals surface area contributed by atoms with Crippen LogP contribution < -0.4 is 0 Å². The standard InChI is InChI=1S/C42H65N3O12/c1-8-32(47)30(4)39-33(55-39)27-41(5,52)16-9-10-28(2)38-29(3)11-12-34(42(6,53-7)17-15-31(46)26-37(50)57-38)56-40(51)44-20-18-43(19-21-44)22-24-54-25-23-45-35(48)13-14-36(45)49/h9-14,16,29-34,38-39,46-47,52H,8,15,17-27H2,1-7H3/b12-11-,16-9+,28-10+/t29-,30+,31+,32-,33-,34-,38+,39-,41-,42+/m0/s1. The molecule has 4 heterocycles. The van der Waals surface area contributed by atoms with Crippen LogP contribution in [0.25, 0.3) is 0 Å². The molecule has 0 bridgehead atoms. The number of hydrogen-bond acceptors (Lipinski definition) is 13. The Morgan fingerprint density at radius 3 is 2.42 bits per heavy atom. The van der Waals surface area contributed by atoms with Crippen LogP contribution in [0.2, 0.25) is 0 Å². The van der Waals surface area contributed by atoms with Gasteiger partial charge in [-0.3, -0.25) is 24.2 Å². The van der Waals surface area contributed by atoms with Crippen molar-refractivity contribution in [3.63, 3.8) is 0 Å². The monoisotopic (exact) mass is 803 g/mol. The first-order valence-corrected chi connectivity index (χ1v) is 20.3. The number of hydrogen-bond donors (Lipinski definition) is 3. The molecule has 4 aliphatic rings. The molecule has 57 heavy (non-hydrogen) atoms. The largest absolute Gasteiger partial charge is 0.457 e. The third kappa shape index (κ3) is 13.6. The molecular weight excluding hydrogens is 738 g/mol. The summed E-state index contributed by atoms with van der Waals surface area (Å²) in [5.74, 6) is -1.61. The number of allylic oxidation sites excluding steroid dienone is 2. The molecule has 320 valence electrons. The van der Waals surface area contributed by atoms with Crippen molar-refractivity contribution >= 4 is 23.9 Å². The molecule has 0 saturated carbocycles. The highest BCUT2D eigenvalue weighted by atomic mass is 16.6. The van der Waals surface area contributed by atoms with Gasteiger partial charge in [-0.2, -0.15) is 0 Å². The van der Waals surface area contributed by atoms with E-state index in [9.17, 15) is 34.5 Å². The minimum atomic E-state index is -1.17. The third-order valence-electron chi connectivity index (χ3n) is 11.6. The first kappa shape index (κ1) is 46.3. The topological polar surface area (TPSA) is 188 Å². The molecule has 4 rings (SSSR count). The zero-order valence-electron chi connectivity index (χ0n) is 34.7. The van der Waals surface area contributed by atoms with Crippen LogP contribution in [-0.2, 0) is 38.1 Å². The third-order valence-corrected chi connectivity index (χ3v) is 11.6. The smallest absolute Gasteiger partial charge is 0.410 e. The second-order valence-corrected chi connectivity index (χ2v) is 16.3. The van der Waals surface area contributed by atoms with Crippen molar-refractivity contribution in [3.05, 3.63) is 48.1 Å². The van der Waals surface area contributed by atoms with E-state index >= 15 is 0 Å². The number of rotatable bonds is 16. The molecule has 0 radical (unpaired) electrons. The number of methoxy groups -OCH3 is 1. The van der Waals surface area contributed by atoms with Crippen LogP contribution in [0.5, 0.6) is 0 Å². The maximum atomic E-state index is 13.6. The van der Waals surface area contributed by atoms with Crippen LogP contribution in [0, 0.1) is 11.8 Å². The molecule has 0 aromatic rings. The second-order valence-electron chi connectivity index (χ2n) is 16.3. The maximum absolute atomic E-state index is 13.6. The Hall–Kier alpha value is -3.44. The lowest BCUT2D eigenvalue weighted by Crippen LogP contribution is -2.52. The average Bonchev–Trinajstić information content (AvgIpc) is 3.86. The number of epoxide rings is 1. The molecule has 15 nitrogen and oxygen atoms in total. The van der Waals surface area contributed by atoms with E-state index in [1.54, 1.807) is 36.1 Å². The number of amides is 3. The zero-order valence-corrected chi connectivity index (χ0v) is 34.7. The molecule has 3 N–H and O–H groups in total. The quantitative estimate of drug-likeness (QED) is 0.0517. The molecule has 15 heteroatoms. The first-order valence-electron chi connectivity index (χ1n) is 20.3. The second kappa shape index (κ2) is 21.0. The van der Waals surface area contributed by atoms with Gasteiger partial charge in [0.25, 0.3) is 11.8 Å². The summed E-state index contributed by atoms with van der Waals surface area (Å²) in [4.78, 5) is 55.0. The van der Waals surface area contributed by atoms with E-state index in [2.05, 4.69) is 4.90 Å². The predicted octanol–water partition coefficient (Wildman–Crippen LogP) is 2.92. The van der Waals surface area contributed by atoms with Gasteiger partial charge in [0.05, 0.1) is 56.2 Å². The van der Waals surface area contributed by atoms with Crippen LogP contribution >= 0.6 is 0 Å². The molecule has 2 saturated heterocycles. The van der Waals surface area contributed by atoms with E-state index in [1.165, 1.54) is 19.3 Å². The minimum Gasteiger partial charge on any atom is -0.457 e. The number of carbonyl (C=O) groups excluding carboxylic acids is 4. The number of aliphatic hydroxyl groups excluding tert-OH is 2. The van der Waals surface area contributed by atoms with E-state index in [-0.39, 0.29) is 61.9 Å². The fraction of sp³-hybridized carbons (Fsp3) is 0.714. The molecule has 0 unspecified atom stereocenters. The summed E-state index contributed by atoms with van der Waals surface area (Å²) < 4.78 is 29.4. The molecular formula is C42H65N3O12. The lowest BCUT2D eigenvalue weighted by Gasteiger charge is -2.38. The van der Waals surface area contributed by atoms with E-state index in [0.29, 0.717) is 64.2 Å². The lowest BCUT2D eigenvalue weighted by atomic mass is 9.88. The van der Waals surface area contributed by atoms with Gasteiger partial charge in [-0.25, -0.2) is 4.79 Å². The van der Waals surface area contributed by atoms with E-state index in [1.807, 2.05) is 40.7 Å². The summed E-state index contributed by atoms with van der Waals surface area (Å²) in [6.45, 7) is 14.7. The number of esters is 1. The van der Waals surface area contributed by atoms with Gasteiger partial charge in [-0.05, 0) is 51.7 Å². The van der Waals surface area contributed by atoms with Crippen molar-refractivity contribution in [2.45, 2.75) is 121 Å². The highest BCUT2D eigenvalue weighted by Gasteiger charge is 2.47. The fourth-order valence-corrected chi connectivity index (χ4v) is 7.45. The molecule has 0 aliphatic carbocycles. The van der Waals surface area contributed by atoms with Crippen molar-refractivity contribution in [2.24, 2.45) is 11.8 Å². The van der Waals surface area contributed by atoms with Crippen molar-refractivity contribution < 1.29 is 58.2 Å². The summed E-state index contributed by atoms with van der Waals surface area (Å²) in [6, 6.07) is 0. The van der Waals surface area contributed by atoms with Gasteiger partial charge in [-0.15, -0.1) is 0 Å². The molecule has 4 aliphatic heterocycles. The van der Waals surface area contributed by atoms with Gasteiger partial charge >= 0.3 is 12.1 Å². The summed E-state index contributed by atoms with van der Waals surface area (Å²) >= 11 is 0. The van der Waals surface area contributed by atoms with E-state index in [4.69, 9.17) is 23.7 Å². The highest BCUT2D eigenvalue weighted by Crippen LogP contribution is 2.38. The van der Waals surface area contributed by atoms with Crippen LogP contribution in [-0.4, -0.2) is 161 Å². The van der Waals surface area contributed by atoms with Crippen molar-refractivity contribution in [2.75, 3.05) is 59.6 Å². The number of aliphatic hydroxyl groups is 3. The van der Waals surface area contributed by atoms with Gasteiger partial charge in [0, 0.05) is 70.2 Å². The minimum absolute atomic E-state index is 0.0243. The Balaban J connectivity index is 1.36. The Kier molecular flexibility index (Phi) is 17.0. The molecule has 0 aromatic carbocycles. The van der Waals surface area contributed by atoms with Crippen LogP contribution in [0.1, 0.15) is 73.6 Å². The number of piperazine rings is 1. The predicted molar refractivity (Wildman–Crippen MR) is 211 cm³/mol. The number of nitrogens with zero attached hydrogens (tertiary/aromatic N) is 3. The molecule has 0 spiro atoms. The number of cyclic esters (lactones) is 1. The SMILES string of the molecule is CC[C@H](O)[C@@H](C)[C@@H]1O[C@H]1C[C@@](C)(O)/C=C/C=C(\C)[C@H]1OC(=O)C[C@H](O)CC[C@@](C)(OC)[C@@H](OC(=O)N2CCN(CCOCCN3C(=O)C=CC3=O)CC2)/C=C\[C@@H]1C. The summed E-state index contributed by atoms with van der Waals surface area (Å²) in [7, 11) is 1.53. The van der Waals surface area contributed by atoms with Crippen LogP contribution in [0.3, 0.4) is 0 Å². The fourth-order valence-electron chi connectivity index (χ4n) is 7.45. The molecule has 3 amide bonds. The van der Waals surface area contributed by atoms with Gasteiger partial charge in [-0.1, -0.05) is 45.1 Å².